The van der Waals surface area contributed by atoms with Gasteiger partial charge in [0.15, 0.2) is 0 Å². The largest absolute Gasteiger partial charge is 0.335 e. The molecule has 0 saturated carbocycles. The molecule has 74 valence electrons. The second-order valence-electron chi connectivity index (χ2n) is 4.62. The van der Waals surface area contributed by atoms with Gasteiger partial charge in [0.1, 0.15) is 5.82 Å². The quantitative estimate of drug-likeness (QED) is 0.649. The highest BCUT2D eigenvalue weighted by Gasteiger charge is 2.22. The summed E-state index contributed by atoms with van der Waals surface area (Å²) in [5.41, 5.74) is 2.81. The number of hydrogen-bond acceptors (Lipinski definition) is 1. The molecule has 1 aromatic rings. The molecule has 0 aliphatic rings. The normalized spacial score (nSPS) is 12.2. The minimum absolute atomic E-state index is 0.196. The standard InChI is InChI=1S/C11H20N2/c1-7-9-10(11(3,4)5)13(6)8(2)12-9/h7H2,1-6H3. The maximum atomic E-state index is 4.56. The third-order valence-corrected chi connectivity index (χ3v) is 2.44. The third kappa shape index (κ3) is 1.77. The minimum atomic E-state index is 0.196. The van der Waals surface area contributed by atoms with Crippen LogP contribution >= 0.6 is 0 Å². The first kappa shape index (κ1) is 10.3. The molecule has 1 heterocycles. The fourth-order valence-corrected chi connectivity index (χ4v) is 1.86. The van der Waals surface area contributed by atoms with E-state index in [0.717, 1.165) is 12.2 Å². The molecule has 0 aliphatic heterocycles. The van der Waals surface area contributed by atoms with Crippen LogP contribution in [0.2, 0.25) is 0 Å². The van der Waals surface area contributed by atoms with E-state index in [-0.39, 0.29) is 5.41 Å². The molecule has 2 nitrogen and oxygen atoms in total. The second-order valence-corrected chi connectivity index (χ2v) is 4.62. The Morgan fingerprint density at radius 2 is 1.85 bits per heavy atom. The van der Waals surface area contributed by atoms with Crippen LogP contribution in [0.25, 0.3) is 0 Å². The summed E-state index contributed by atoms with van der Waals surface area (Å²) in [6.45, 7) is 10.9. The molecule has 0 aliphatic carbocycles. The lowest BCUT2D eigenvalue weighted by Gasteiger charge is -2.21. The average molecular weight is 180 g/mol. The molecule has 1 aromatic heterocycles. The Labute approximate surface area is 81.0 Å². The number of rotatable bonds is 1. The summed E-state index contributed by atoms with van der Waals surface area (Å²) in [5.74, 6) is 1.11. The van der Waals surface area contributed by atoms with Crippen LogP contribution in [0.1, 0.15) is 44.9 Å². The number of aromatic nitrogens is 2. The van der Waals surface area contributed by atoms with Crippen LogP contribution in [0.4, 0.5) is 0 Å². The van der Waals surface area contributed by atoms with Gasteiger partial charge >= 0.3 is 0 Å². The fraction of sp³-hybridized carbons (Fsp3) is 0.727. The van der Waals surface area contributed by atoms with Gasteiger partial charge in [0.05, 0.1) is 5.69 Å². The van der Waals surface area contributed by atoms with E-state index >= 15 is 0 Å². The van der Waals surface area contributed by atoms with Gasteiger partial charge in [-0.1, -0.05) is 27.7 Å². The summed E-state index contributed by atoms with van der Waals surface area (Å²) in [4.78, 5) is 4.56. The SMILES string of the molecule is CCc1nc(C)n(C)c1C(C)(C)C. The molecule has 0 atom stereocenters. The fourth-order valence-electron chi connectivity index (χ4n) is 1.86. The van der Waals surface area contributed by atoms with Gasteiger partial charge in [0.25, 0.3) is 0 Å². The summed E-state index contributed by atoms with van der Waals surface area (Å²) < 4.78 is 2.21. The molecule has 0 spiro atoms. The Morgan fingerprint density at radius 3 is 2.15 bits per heavy atom. The van der Waals surface area contributed by atoms with Gasteiger partial charge in [0.2, 0.25) is 0 Å². The molecule has 0 bridgehead atoms. The summed E-state index contributed by atoms with van der Waals surface area (Å²) in [5, 5.41) is 0. The lowest BCUT2D eigenvalue weighted by atomic mass is 9.90. The summed E-state index contributed by atoms with van der Waals surface area (Å²) in [6.07, 6.45) is 1.02. The Morgan fingerprint density at radius 1 is 1.31 bits per heavy atom. The molecule has 0 unspecified atom stereocenters. The van der Waals surface area contributed by atoms with Gasteiger partial charge in [-0.25, -0.2) is 4.98 Å². The van der Waals surface area contributed by atoms with E-state index in [4.69, 9.17) is 0 Å². The zero-order valence-corrected chi connectivity index (χ0v) is 9.60. The molecule has 0 saturated heterocycles. The maximum absolute atomic E-state index is 4.56. The van der Waals surface area contributed by atoms with Crippen molar-refractivity contribution in [2.75, 3.05) is 0 Å². The first-order valence-corrected chi connectivity index (χ1v) is 4.90. The van der Waals surface area contributed by atoms with E-state index in [1.807, 2.05) is 0 Å². The molecule has 0 aromatic carbocycles. The predicted molar refractivity (Wildman–Crippen MR) is 56.0 cm³/mol. The van der Waals surface area contributed by atoms with Crippen molar-refractivity contribution in [1.29, 1.82) is 0 Å². The first-order valence-electron chi connectivity index (χ1n) is 4.90. The second kappa shape index (κ2) is 3.17. The molecule has 0 radical (unpaired) electrons. The van der Waals surface area contributed by atoms with Crippen molar-refractivity contribution in [3.05, 3.63) is 17.2 Å². The lowest BCUT2D eigenvalue weighted by Crippen LogP contribution is -2.18. The van der Waals surface area contributed by atoms with Crippen molar-refractivity contribution in [2.45, 2.75) is 46.5 Å². The van der Waals surface area contributed by atoms with E-state index in [1.54, 1.807) is 0 Å². The van der Waals surface area contributed by atoms with E-state index < -0.39 is 0 Å². The Kier molecular flexibility index (Phi) is 2.51. The van der Waals surface area contributed by atoms with Crippen molar-refractivity contribution >= 4 is 0 Å². The Balaban J connectivity index is 3.33. The van der Waals surface area contributed by atoms with Crippen LogP contribution < -0.4 is 0 Å². The molecule has 1 rings (SSSR count). The molecular weight excluding hydrogens is 160 g/mol. The lowest BCUT2D eigenvalue weighted by molar-refractivity contribution is 0.533. The number of nitrogens with zero attached hydrogens (tertiary/aromatic N) is 2. The van der Waals surface area contributed by atoms with Gasteiger partial charge in [-0.2, -0.15) is 0 Å². The summed E-state index contributed by atoms with van der Waals surface area (Å²) in [6, 6.07) is 0. The molecular formula is C11H20N2. The van der Waals surface area contributed by atoms with Gasteiger partial charge in [-0.15, -0.1) is 0 Å². The monoisotopic (exact) mass is 180 g/mol. The van der Waals surface area contributed by atoms with Gasteiger partial charge in [-0.3, -0.25) is 0 Å². The highest BCUT2D eigenvalue weighted by Crippen LogP contribution is 2.26. The number of imidazole rings is 1. The van der Waals surface area contributed by atoms with Gasteiger partial charge in [-0.05, 0) is 13.3 Å². The van der Waals surface area contributed by atoms with E-state index in [2.05, 4.69) is 51.2 Å². The van der Waals surface area contributed by atoms with Crippen molar-refractivity contribution in [3.63, 3.8) is 0 Å². The zero-order valence-electron chi connectivity index (χ0n) is 9.60. The topological polar surface area (TPSA) is 17.8 Å². The molecule has 0 amide bonds. The zero-order chi connectivity index (χ0) is 10.2. The highest BCUT2D eigenvalue weighted by molar-refractivity contribution is 5.23. The van der Waals surface area contributed by atoms with E-state index in [9.17, 15) is 0 Å². The maximum Gasteiger partial charge on any atom is 0.105 e. The summed E-state index contributed by atoms with van der Waals surface area (Å²) >= 11 is 0. The average Bonchev–Trinajstić information content (AvgIpc) is 2.26. The number of hydrogen-bond donors (Lipinski definition) is 0. The van der Waals surface area contributed by atoms with Crippen LogP contribution in [0.3, 0.4) is 0 Å². The van der Waals surface area contributed by atoms with Crippen LogP contribution in [-0.4, -0.2) is 9.55 Å². The first-order chi connectivity index (χ1) is 5.88. The number of aryl methyl sites for hydroxylation is 2. The molecule has 13 heavy (non-hydrogen) atoms. The summed E-state index contributed by atoms with van der Waals surface area (Å²) in [7, 11) is 2.10. The third-order valence-electron chi connectivity index (χ3n) is 2.44. The van der Waals surface area contributed by atoms with Crippen LogP contribution in [0, 0.1) is 6.92 Å². The van der Waals surface area contributed by atoms with Crippen molar-refractivity contribution in [2.24, 2.45) is 7.05 Å². The smallest absolute Gasteiger partial charge is 0.105 e. The van der Waals surface area contributed by atoms with Crippen molar-refractivity contribution in [3.8, 4) is 0 Å². The van der Waals surface area contributed by atoms with Crippen LogP contribution in [0.5, 0.6) is 0 Å². The molecule has 0 N–H and O–H groups in total. The predicted octanol–water partition coefficient (Wildman–Crippen LogP) is 2.59. The molecule has 2 heteroatoms. The van der Waals surface area contributed by atoms with Gasteiger partial charge < -0.3 is 4.57 Å². The van der Waals surface area contributed by atoms with E-state index in [0.29, 0.717) is 0 Å². The van der Waals surface area contributed by atoms with Gasteiger partial charge in [0, 0.05) is 18.2 Å². The van der Waals surface area contributed by atoms with E-state index in [1.165, 1.54) is 11.4 Å². The molecule has 0 fully saturated rings. The Hall–Kier alpha value is -0.790. The minimum Gasteiger partial charge on any atom is -0.335 e. The van der Waals surface area contributed by atoms with Crippen molar-refractivity contribution in [1.82, 2.24) is 9.55 Å². The van der Waals surface area contributed by atoms with Crippen molar-refractivity contribution < 1.29 is 0 Å². The van der Waals surface area contributed by atoms with Crippen LogP contribution in [-0.2, 0) is 18.9 Å². The highest BCUT2D eigenvalue weighted by atomic mass is 15.1. The Bertz CT molecular complexity index is 303. The van der Waals surface area contributed by atoms with Crippen LogP contribution in [0.15, 0.2) is 0 Å².